The zero-order chi connectivity index (χ0) is 13.8. The van der Waals surface area contributed by atoms with E-state index in [1.165, 1.54) is 0 Å². The zero-order valence-electron chi connectivity index (χ0n) is 9.76. The van der Waals surface area contributed by atoms with E-state index in [-0.39, 0.29) is 5.12 Å². The van der Waals surface area contributed by atoms with Crippen LogP contribution in [-0.4, -0.2) is 33.5 Å². The monoisotopic (exact) mass is 258 g/mol. The van der Waals surface area contributed by atoms with Crippen molar-refractivity contribution in [2.75, 3.05) is 6.26 Å². The Hall–Kier alpha value is -1.74. The number of thioether (sulfide) groups is 1. The van der Waals surface area contributed by atoms with Crippen LogP contribution in [-0.2, 0) is 14.4 Å². The Bertz CT molecular complexity index is 344. The average molecular weight is 258 g/mol. The summed E-state index contributed by atoms with van der Waals surface area (Å²) in [7, 11) is 0. The lowest BCUT2D eigenvalue weighted by atomic mass is 10.2. The summed E-state index contributed by atoms with van der Waals surface area (Å²) in [5.41, 5.74) is 0. The van der Waals surface area contributed by atoms with Gasteiger partial charge in [-0.2, -0.15) is 0 Å². The summed E-state index contributed by atoms with van der Waals surface area (Å²) in [5, 5.41) is 15.6. The molecule has 0 amide bonds. The molecule has 17 heavy (non-hydrogen) atoms. The van der Waals surface area contributed by atoms with Crippen LogP contribution >= 0.6 is 11.8 Å². The highest BCUT2D eigenvalue weighted by Crippen LogP contribution is 1.93. The van der Waals surface area contributed by atoms with Crippen LogP contribution in [0.4, 0.5) is 0 Å². The van der Waals surface area contributed by atoms with Crippen molar-refractivity contribution in [3.63, 3.8) is 0 Å². The number of carboxylic acids is 2. The highest BCUT2D eigenvalue weighted by molar-refractivity contribution is 8.13. The summed E-state index contributed by atoms with van der Waals surface area (Å²) in [5.74, 6) is 3.06. The van der Waals surface area contributed by atoms with Gasteiger partial charge < -0.3 is 10.2 Å². The molecule has 0 spiro atoms. The highest BCUT2D eigenvalue weighted by Gasteiger charge is 1.89. The lowest BCUT2D eigenvalue weighted by molar-refractivity contribution is -0.134. The number of hydrogen-bond donors (Lipinski definition) is 2. The smallest absolute Gasteiger partial charge is 0.328 e. The van der Waals surface area contributed by atoms with Gasteiger partial charge in [0, 0.05) is 18.1 Å². The van der Waals surface area contributed by atoms with Crippen molar-refractivity contribution >= 4 is 28.8 Å². The fourth-order valence-corrected chi connectivity index (χ4v) is 0.558. The fourth-order valence-electron chi connectivity index (χ4n) is 0.397. The van der Waals surface area contributed by atoms with Gasteiger partial charge in [0.05, 0.1) is 0 Å². The van der Waals surface area contributed by atoms with E-state index in [1.807, 2.05) is 13.8 Å². The minimum absolute atomic E-state index is 0.0521. The van der Waals surface area contributed by atoms with Crippen LogP contribution < -0.4 is 0 Å². The second-order valence-corrected chi connectivity index (χ2v) is 3.70. The predicted octanol–water partition coefficient (Wildman–Crippen LogP) is 1.25. The lowest BCUT2D eigenvalue weighted by Gasteiger charge is -1.85. The van der Waals surface area contributed by atoms with Crippen molar-refractivity contribution in [3.05, 3.63) is 12.2 Å². The Balaban J connectivity index is 0. The van der Waals surface area contributed by atoms with Crippen LogP contribution in [0.5, 0.6) is 0 Å². The second-order valence-electron chi connectivity index (χ2n) is 2.93. The standard InChI is InChI=1S/C7H10OS.C4H4O4/c1-6(2)4-5-7(8)9-3;5-3(6)1-2-4(7)8/h6H,1-3H3;1-2H,(H,5,6)(H,7,8)/b;2-1+. The summed E-state index contributed by atoms with van der Waals surface area (Å²) in [6.45, 7) is 3.92. The molecule has 0 aromatic heterocycles. The van der Waals surface area contributed by atoms with E-state index < -0.39 is 11.9 Å². The van der Waals surface area contributed by atoms with Crippen LogP contribution in [0.1, 0.15) is 13.8 Å². The van der Waals surface area contributed by atoms with Gasteiger partial charge in [-0.05, 0) is 12.2 Å². The number of hydrogen-bond acceptors (Lipinski definition) is 4. The summed E-state index contributed by atoms with van der Waals surface area (Å²) in [6, 6.07) is 0. The molecule has 0 unspecified atom stereocenters. The van der Waals surface area contributed by atoms with Gasteiger partial charge in [-0.3, -0.25) is 4.79 Å². The number of carboxylic acid groups (broad SMARTS) is 2. The van der Waals surface area contributed by atoms with Crippen molar-refractivity contribution in [3.8, 4) is 11.8 Å². The highest BCUT2D eigenvalue weighted by atomic mass is 32.2. The van der Waals surface area contributed by atoms with Crippen molar-refractivity contribution in [2.45, 2.75) is 13.8 Å². The number of rotatable bonds is 2. The second kappa shape index (κ2) is 10.8. The number of carbonyl (C=O) groups is 3. The Morgan fingerprint density at radius 1 is 1.12 bits per heavy atom. The molecule has 0 aromatic rings. The number of carbonyl (C=O) groups excluding carboxylic acids is 1. The topological polar surface area (TPSA) is 91.7 Å². The minimum Gasteiger partial charge on any atom is -0.478 e. The molecule has 0 aliphatic carbocycles. The molecule has 0 aliphatic heterocycles. The van der Waals surface area contributed by atoms with E-state index >= 15 is 0 Å². The average Bonchev–Trinajstić information content (AvgIpc) is 2.23. The van der Waals surface area contributed by atoms with Crippen LogP contribution in [0.25, 0.3) is 0 Å². The molecule has 94 valence electrons. The van der Waals surface area contributed by atoms with Crippen LogP contribution in [0.2, 0.25) is 0 Å². The van der Waals surface area contributed by atoms with Crippen molar-refractivity contribution in [1.29, 1.82) is 0 Å². The molecule has 6 heteroatoms. The van der Waals surface area contributed by atoms with E-state index in [0.29, 0.717) is 18.1 Å². The van der Waals surface area contributed by atoms with Gasteiger partial charge in [-0.25, -0.2) is 9.59 Å². The summed E-state index contributed by atoms with van der Waals surface area (Å²) < 4.78 is 0. The van der Waals surface area contributed by atoms with Gasteiger partial charge in [0.25, 0.3) is 5.12 Å². The SMILES string of the molecule is CSC(=O)C#CC(C)C.O=C(O)/C=C/C(=O)O. The maximum absolute atomic E-state index is 10.5. The maximum atomic E-state index is 10.5. The molecule has 0 rings (SSSR count). The normalized spacial score (nSPS) is 8.94. The van der Waals surface area contributed by atoms with E-state index in [2.05, 4.69) is 11.8 Å². The maximum Gasteiger partial charge on any atom is 0.328 e. The molecule has 0 bridgehead atoms. The van der Waals surface area contributed by atoms with E-state index in [1.54, 1.807) is 6.26 Å². The van der Waals surface area contributed by atoms with Gasteiger partial charge >= 0.3 is 11.9 Å². The van der Waals surface area contributed by atoms with E-state index in [4.69, 9.17) is 10.2 Å². The first-order chi connectivity index (χ1) is 7.79. The fraction of sp³-hybridized carbons (Fsp3) is 0.364. The third kappa shape index (κ3) is 20.4. The summed E-state index contributed by atoms with van der Waals surface area (Å²) in [4.78, 5) is 29.6. The Morgan fingerprint density at radius 3 is 1.76 bits per heavy atom. The van der Waals surface area contributed by atoms with Crippen molar-refractivity contribution < 1.29 is 24.6 Å². The molecule has 0 aliphatic rings. The molecule has 0 saturated heterocycles. The van der Waals surface area contributed by atoms with Crippen molar-refractivity contribution in [1.82, 2.24) is 0 Å². The third-order valence-electron chi connectivity index (χ3n) is 1.02. The molecule has 0 radical (unpaired) electrons. The summed E-state index contributed by atoms with van der Waals surface area (Å²) in [6.07, 6.45) is 2.85. The first-order valence-corrected chi connectivity index (χ1v) is 5.75. The van der Waals surface area contributed by atoms with E-state index in [0.717, 1.165) is 11.8 Å². The Morgan fingerprint density at radius 2 is 1.53 bits per heavy atom. The van der Waals surface area contributed by atoms with Gasteiger partial charge in [0.15, 0.2) is 0 Å². The molecule has 0 aromatic carbocycles. The van der Waals surface area contributed by atoms with Crippen LogP contribution in [0.3, 0.4) is 0 Å². The largest absolute Gasteiger partial charge is 0.478 e. The van der Waals surface area contributed by atoms with Gasteiger partial charge in [-0.1, -0.05) is 31.5 Å². The van der Waals surface area contributed by atoms with E-state index in [9.17, 15) is 14.4 Å². The van der Waals surface area contributed by atoms with Crippen molar-refractivity contribution in [2.24, 2.45) is 5.92 Å². The molecular weight excluding hydrogens is 244 g/mol. The first-order valence-electron chi connectivity index (χ1n) is 4.53. The third-order valence-corrected chi connectivity index (χ3v) is 1.49. The lowest BCUT2D eigenvalue weighted by Crippen LogP contribution is -1.91. The quantitative estimate of drug-likeness (QED) is 0.572. The molecule has 0 heterocycles. The van der Waals surface area contributed by atoms with Gasteiger partial charge in [0.1, 0.15) is 0 Å². The molecule has 0 saturated carbocycles. The first kappa shape index (κ1) is 17.6. The Kier molecular flexibility index (Phi) is 11.2. The molecule has 5 nitrogen and oxygen atoms in total. The Labute approximate surface area is 104 Å². The zero-order valence-corrected chi connectivity index (χ0v) is 10.6. The van der Waals surface area contributed by atoms with Crippen LogP contribution in [0, 0.1) is 17.8 Å². The molecule has 0 atom stereocenters. The molecule has 2 N–H and O–H groups in total. The summed E-state index contributed by atoms with van der Waals surface area (Å²) >= 11 is 1.15. The minimum atomic E-state index is -1.26. The van der Waals surface area contributed by atoms with Gasteiger partial charge in [-0.15, -0.1) is 0 Å². The van der Waals surface area contributed by atoms with Crippen LogP contribution in [0.15, 0.2) is 12.2 Å². The number of aliphatic carboxylic acids is 2. The van der Waals surface area contributed by atoms with Gasteiger partial charge in [0.2, 0.25) is 0 Å². The molecule has 0 fully saturated rings. The molecular formula is C11H14O5S. The predicted molar refractivity (Wildman–Crippen MR) is 65.5 cm³/mol.